The predicted octanol–water partition coefficient (Wildman–Crippen LogP) is 3.36. The molecule has 0 fully saturated rings. The highest BCUT2D eigenvalue weighted by Gasteiger charge is 2.26. The highest BCUT2D eigenvalue weighted by molar-refractivity contribution is 5.89. The van der Waals surface area contributed by atoms with E-state index in [-0.39, 0.29) is 0 Å². The predicted molar refractivity (Wildman–Crippen MR) is 81.4 cm³/mol. The van der Waals surface area contributed by atoms with E-state index in [1.807, 2.05) is 6.07 Å². The quantitative estimate of drug-likeness (QED) is 0.865. The number of hydrogen-bond acceptors (Lipinski definition) is 2. The van der Waals surface area contributed by atoms with E-state index in [2.05, 4.69) is 24.8 Å². The van der Waals surface area contributed by atoms with Gasteiger partial charge in [0.15, 0.2) is 0 Å². The minimum atomic E-state index is -0.792. The monoisotopic (exact) mass is 275 g/mol. The van der Waals surface area contributed by atoms with Crippen LogP contribution in [-0.2, 0) is 12.8 Å². The van der Waals surface area contributed by atoms with Crippen molar-refractivity contribution < 1.29 is 9.90 Å². The molecule has 0 bridgehead atoms. The molecule has 0 aromatic heterocycles. The van der Waals surface area contributed by atoms with E-state index < -0.39 is 5.97 Å². The molecule has 1 atom stereocenters. The Morgan fingerprint density at radius 2 is 2.00 bits per heavy atom. The van der Waals surface area contributed by atoms with Crippen LogP contribution in [0, 0.1) is 0 Å². The van der Waals surface area contributed by atoms with Crippen molar-refractivity contribution in [2.24, 2.45) is 0 Å². The van der Waals surface area contributed by atoms with Crippen LogP contribution in [0.4, 0.5) is 0 Å². The number of carboxylic acid groups (broad SMARTS) is 1. The molecule has 2 rings (SSSR count). The smallest absolute Gasteiger partial charge is 0.335 e. The second-order valence-corrected chi connectivity index (χ2v) is 5.68. The molecule has 3 nitrogen and oxygen atoms in total. The van der Waals surface area contributed by atoms with Gasteiger partial charge in [-0.2, -0.15) is 0 Å². The van der Waals surface area contributed by atoms with Crippen molar-refractivity contribution >= 4 is 5.97 Å². The molecule has 1 N–H and O–H groups in total. The Morgan fingerprint density at radius 1 is 1.30 bits per heavy atom. The van der Waals surface area contributed by atoms with Gasteiger partial charge in [0.05, 0.1) is 5.56 Å². The van der Waals surface area contributed by atoms with Gasteiger partial charge in [-0.15, -0.1) is 0 Å². The summed E-state index contributed by atoms with van der Waals surface area (Å²) < 4.78 is 0. The number of aromatic carboxylic acids is 1. The van der Waals surface area contributed by atoms with Crippen LogP contribution in [0.3, 0.4) is 0 Å². The van der Waals surface area contributed by atoms with Crippen molar-refractivity contribution in [2.75, 3.05) is 13.1 Å². The van der Waals surface area contributed by atoms with Crippen LogP contribution in [0.5, 0.6) is 0 Å². The van der Waals surface area contributed by atoms with Crippen LogP contribution >= 0.6 is 0 Å². The van der Waals surface area contributed by atoms with Crippen LogP contribution in [0.25, 0.3) is 0 Å². The van der Waals surface area contributed by atoms with Gasteiger partial charge in [-0.05, 0) is 62.4 Å². The Hall–Kier alpha value is -1.35. The van der Waals surface area contributed by atoms with Crippen molar-refractivity contribution in [3.05, 3.63) is 34.9 Å². The summed E-state index contributed by atoms with van der Waals surface area (Å²) in [6, 6.07) is 6.21. The SMILES string of the molecule is CCCN(CCC)[C@@H]1CCc2cccc(C(=O)O)c2C1. The molecule has 0 radical (unpaired) electrons. The molecule has 1 aliphatic rings. The molecule has 3 heteroatoms. The number of fused-ring (bicyclic) bond motifs is 1. The molecule has 110 valence electrons. The number of rotatable bonds is 6. The molecule has 0 aliphatic heterocycles. The zero-order valence-electron chi connectivity index (χ0n) is 12.6. The Labute approximate surface area is 121 Å². The summed E-state index contributed by atoms with van der Waals surface area (Å²) in [5, 5.41) is 9.36. The number of hydrogen-bond donors (Lipinski definition) is 1. The molecule has 1 aliphatic carbocycles. The molecule has 0 amide bonds. The van der Waals surface area contributed by atoms with Crippen molar-refractivity contribution in [3.63, 3.8) is 0 Å². The van der Waals surface area contributed by atoms with Gasteiger partial charge >= 0.3 is 5.97 Å². The lowest BCUT2D eigenvalue weighted by molar-refractivity contribution is 0.0694. The third-order valence-corrected chi connectivity index (χ3v) is 4.23. The van der Waals surface area contributed by atoms with Crippen LogP contribution in [0.1, 0.15) is 54.6 Å². The Bertz CT molecular complexity index is 464. The number of aryl methyl sites for hydroxylation is 1. The third-order valence-electron chi connectivity index (χ3n) is 4.23. The number of carbonyl (C=O) groups is 1. The zero-order chi connectivity index (χ0) is 14.5. The largest absolute Gasteiger partial charge is 0.478 e. The molecular weight excluding hydrogens is 250 g/mol. The lowest BCUT2D eigenvalue weighted by Crippen LogP contribution is -2.40. The van der Waals surface area contributed by atoms with Gasteiger partial charge in [0, 0.05) is 6.04 Å². The van der Waals surface area contributed by atoms with Crippen LogP contribution in [0.15, 0.2) is 18.2 Å². The Morgan fingerprint density at radius 3 is 2.60 bits per heavy atom. The minimum Gasteiger partial charge on any atom is -0.478 e. The standard InChI is InChI=1S/C17H25NO2/c1-3-10-18(11-4-2)14-9-8-13-6-5-7-15(17(19)20)16(13)12-14/h5-7,14H,3-4,8-12H2,1-2H3,(H,19,20)/t14-/m1/s1. The first-order chi connectivity index (χ1) is 9.67. The lowest BCUT2D eigenvalue weighted by Gasteiger charge is -2.35. The van der Waals surface area contributed by atoms with E-state index in [4.69, 9.17) is 0 Å². The normalized spacial score (nSPS) is 18.1. The summed E-state index contributed by atoms with van der Waals surface area (Å²) in [6.07, 6.45) is 5.35. The molecule has 0 spiro atoms. The van der Waals surface area contributed by atoms with Crippen LogP contribution in [-0.4, -0.2) is 35.1 Å². The average molecular weight is 275 g/mol. The average Bonchev–Trinajstić information content (AvgIpc) is 2.45. The summed E-state index contributed by atoms with van der Waals surface area (Å²) in [5.74, 6) is -0.792. The van der Waals surface area contributed by atoms with Crippen molar-refractivity contribution in [1.82, 2.24) is 4.90 Å². The molecular formula is C17H25NO2. The number of carboxylic acids is 1. The number of nitrogens with zero attached hydrogens (tertiary/aromatic N) is 1. The van der Waals surface area contributed by atoms with E-state index >= 15 is 0 Å². The number of benzene rings is 1. The first-order valence-electron chi connectivity index (χ1n) is 7.75. The molecule has 0 saturated heterocycles. The third kappa shape index (κ3) is 3.21. The van der Waals surface area contributed by atoms with E-state index in [1.165, 1.54) is 5.56 Å². The second-order valence-electron chi connectivity index (χ2n) is 5.68. The first-order valence-corrected chi connectivity index (χ1v) is 7.75. The van der Waals surface area contributed by atoms with E-state index in [0.29, 0.717) is 11.6 Å². The second kappa shape index (κ2) is 6.89. The van der Waals surface area contributed by atoms with Gasteiger partial charge in [0.2, 0.25) is 0 Å². The summed E-state index contributed by atoms with van der Waals surface area (Å²) >= 11 is 0. The summed E-state index contributed by atoms with van der Waals surface area (Å²) in [7, 11) is 0. The van der Waals surface area contributed by atoms with Gasteiger partial charge in [-0.1, -0.05) is 26.0 Å². The fourth-order valence-electron chi connectivity index (χ4n) is 3.33. The van der Waals surface area contributed by atoms with Crippen molar-refractivity contribution in [2.45, 2.75) is 52.0 Å². The lowest BCUT2D eigenvalue weighted by atomic mass is 9.84. The zero-order valence-corrected chi connectivity index (χ0v) is 12.6. The maximum absolute atomic E-state index is 11.4. The molecule has 0 saturated carbocycles. The molecule has 0 unspecified atom stereocenters. The molecule has 20 heavy (non-hydrogen) atoms. The first kappa shape index (κ1) is 15.0. The van der Waals surface area contributed by atoms with Crippen LogP contribution < -0.4 is 0 Å². The fourth-order valence-corrected chi connectivity index (χ4v) is 3.33. The highest BCUT2D eigenvalue weighted by atomic mass is 16.4. The van der Waals surface area contributed by atoms with Crippen molar-refractivity contribution in [3.8, 4) is 0 Å². The summed E-state index contributed by atoms with van der Waals surface area (Å²) in [4.78, 5) is 13.9. The van der Waals surface area contributed by atoms with Gasteiger partial charge in [0.1, 0.15) is 0 Å². The van der Waals surface area contributed by atoms with Gasteiger partial charge in [-0.25, -0.2) is 4.79 Å². The maximum atomic E-state index is 11.4. The van der Waals surface area contributed by atoms with Gasteiger partial charge in [-0.3, -0.25) is 0 Å². The van der Waals surface area contributed by atoms with E-state index in [1.54, 1.807) is 6.07 Å². The molecule has 0 heterocycles. The van der Waals surface area contributed by atoms with E-state index in [9.17, 15) is 9.90 Å². The fraction of sp³-hybridized carbons (Fsp3) is 0.588. The van der Waals surface area contributed by atoms with Gasteiger partial charge < -0.3 is 10.0 Å². The topological polar surface area (TPSA) is 40.5 Å². The summed E-state index contributed by atoms with van der Waals surface area (Å²) in [6.45, 7) is 6.65. The van der Waals surface area contributed by atoms with Gasteiger partial charge in [0.25, 0.3) is 0 Å². The minimum absolute atomic E-state index is 0.500. The Balaban J connectivity index is 2.22. The van der Waals surface area contributed by atoms with Crippen molar-refractivity contribution in [1.29, 1.82) is 0 Å². The Kier molecular flexibility index (Phi) is 5.18. The molecule has 1 aromatic carbocycles. The van der Waals surface area contributed by atoms with Crippen LogP contribution in [0.2, 0.25) is 0 Å². The van der Waals surface area contributed by atoms with E-state index in [0.717, 1.165) is 50.8 Å². The highest BCUT2D eigenvalue weighted by Crippen LogP contribution is 2.27. The molecule has 1 aromatic rings. The maximum Gasteiger partial charge on any atom is 0.335 e. The summed E-state index contributed by atoms with van der Waals surface area (Å²) in [5.41, 5.74) is 2.79.